The van der Waals surface area contributed by atoms with Gasteiger partial charge in [0.2, 0.25) is 0 Å². The molecule has 1 heterocycles. The van der Waals surface area contributed by atoms with E-state index in [9.17, 15) is 0 Å². The summed E-state index contributed by atoms with van der Waals surface area (Å²) >= 11 is 6.04. The van der Waals surface area contributed by atoms with Crippen molar-refractivity contribution in [2.75, 3.05) is 0 Å². The first-order chi connectivity index (χ1) is 9.16. The molecule has 3 aromatic rings. The number of para-hydroxylation sites is 1. The molecule has 2 aromatic carbocycles. The lowest BCUT2D eigenvalue weighted by atomic mass is 9.97. The maximum absolute atomic E-state index is 6.42. The molecule has 0 spiro atoms. The molecule has 0 fully saturated rings. The summed E-state index contributed by atoms with van der Waals surface area (Å²) in [5, 5.41) is 1.89. The van der Waals surface area contributed by atoms with E-state index in [2.05, 4.69) is 24.0 Å². The molecule has 3 heteroatoms. The second-order valence-corrected chi connectivity index (χ2v) is 5.18. The van der Waals surface area contributed by atoms with Crippen LogP contribution in [-0.2, 0) is 0 Å². The van der Waals surface area contributed by atoms with E-state index in [-0.39, 0.29) is 6.04 Å². The fourth-order valence-electron chi connectivity index (χ4n) is 2.57. The maximum Gasteiger partial charge on any atom is 0.0576 e. The molecule has 2 nitrogen and oxygen atoms in total. The quantitative estimate of drug-likeness (QED) is 0.721. The van der Waals surface area contributed by atoms with Gasteiger partial charge >= 0.3 is 0 Å². The molecular formula is C16H15ClN2. The number of aromatic amines is 1. The highest BCUT2D eigenvalue weighted by Crippen LogP contribution is 2.31. The van der Waals surface area contributed by atoms with Crippen molar-refractivity contribution in [1.29, 1.82) is 0 Å². The molecular weight excluding hydrogens is 256 g/mol. The van der Waals surface area contributed by atoms with Gasteiger partial charge in [-0.15, -0.1) is 0 Å². The van der Waals surface area contributed by atoms with Gasteiger partial charge in [-0.1, -0.05) is 41.9 Å². The van der Waals surface area contributed by atoms with Crippen molar-refractivity contribution in [3.8, 4) is 0 Å². The highest BCUT2D eigenvalue weighted by molar-refractivity contribution is 6.30. The van der Waals surface area contributed by atoms with Crippen molar-refractivity contribution in [1.82, 2.24) is 4.98 Å². The third-order valence-corrected chi connectivity index (χ3v) is 3.70. The molecule has 1 atom stereocenters. The van der Waals surface area contributed by atoms with Gasteiger partial charge in [-0.05, 0) is 30.7 Å². The van der Waals surface area contributed by atoms with E-state index >= 15 is 0 Å². The largest absolute Gasteiger partial charge is 0.358 e. The van der Waals surface area contributed by atoms with Crippen molar-refractivity contribution in [2.45, 2.75) is 13.0 Å². The van der Waals surface area contributed by atoms with Gasteiger partial charge in [-0.2, -0.15) is 0 Å². The van der Waals surface area contributed by atoms with Gasteiger partial charge in [0, 0.05) is 27.2 Å². The number of fused-ring (bicyclic) bond motifs is 1. The van der Waals surface area contributed by atoms with Gasteiger partial charge in [-0.3, -0.25) is 0 Å². The zero-order chi connectivity index (χ0) is 13.4. The molecule has 1 unspecified atom stereocenters. The maximum atomic E-state index is 6.42. The molecule has 1 aromatic heterocycles. The normalized spacial score (nSPS) is 12.8. The molecule has 3 rings (SSSR count). The Balaban J connectivity index is 2.16. The predicted molar refractivity (Wildman–Crippen MR) is 80.5 cm³/mol. The average molecular weight is 271 g/mol. The van der Waals surface area contributed by atoms with Crippen molar-refractivity contribution in [3.05, 3.63) is 70.4 Å². The van der Waals surface area contributed by atoms with E-state index in [0.717, 1.165) is 22.3 Å². The number of H-pyrrole nitrogens is 1. The lowest BCUT2D eigenvalue weighted by Crippen LogP contribution is -2.12. The van der Waals surface area contributed by atoms with Crippen LogP contribution >= 0.6 is 11.6 Å². The Morgan fingerprint density at radius 2 is 1.89 bits per heavy atom. The van der Waals surface area contributed by atoms with E-state index in [1.807, 2.05) is 36.4 Å². The number of nitrogens with one attached hydrogen (secondary N) is 1. The summed E-state index contributed by atoms with van der Waals surface area (Å²) in [5.74, 6) is 0. The summed E-state index contributed by atoms with van der Waals surface area (Å²) in [6, 6.07) is 15.8. The van der Waals surface area contributed by atoms with Crippen molar-refractivity contribution < 1.29 is 0 Å². The van der Waals surface area contributed by atoms with E-state index in [4.69, 9.17) is 17.3 Å². The van der Waals surface area contributed by atoms with E-state index in [0.29, 0.717) is 5.02 Å². The van der Waals surface area contributed by atoms with Crippen LogP contribution in [0, 0.1) is 6.92 Å². The molecule has 3 N–H and O–H groups in total. The number of halogens is 1. The number of benzene rings is 2. The number of hydrogen-bond acceptors (Lipinski definition) is 1. The van der Waals surface area contributed by atoms with Crippen LogP contribution in [0.5, 0.6) is 0 Å². The number of nitrogens with two attached hydrogens (primary N) is 1. The van der Waals surface area contributed by atoms with E-state index in [1.165, 1.54) is 5.39 Å². The second kappa shape index (κ2) is 4.72. The molecule has 0 radical (unpaired) electrons. The van der Waals surface area contributed by atoms with Gasteiger partial charge in [-0.25, -0.2) is 0 Å². The summed E-state index contributed by atoms with van der Waals surface area (Å²) in [5.41, 5.74) is 10.8. The van der Waals surface area contributed by atoms with Gasteiger partial charge in [0.25, 0.3) is 0 Å². The van der Waals surface area contributed by atoms with Crippen LogP contribution in [0.15, 0.2) is 48.5 Å². The lowest BCUT2D eigenvalue weighted by Gasteiger charge is -2.13. The Labute approximate surface area is 117 Å². The van der Waals surface area contributed by atoms with Gasteiger partial charge < -0.3 is 10.7 Å². The zero-order valence-electron chi connectivity index (χ0n) is 10.7. The summed E-state index contributed by atoms with van der Waals surface area (Å²) < 4.78 is 0. The molecule has 96 valence electrons. The third kappa shape index (κ3) is 2.14. The van der Waals surface area contributed by atoms with Crippen LogP contribution < -0.4 is 5.73 Å². The Morgan fingerprint density at radius 1 is 1.11 bits per heavy atom. The molecule has 0 amide bonds. The van der Waals surface area contributed by atoms with Gasteiger partial charge in [0.05, 0.1) is 6.04 Å². The Hall–Kier alpha value is -1.77. The average Bonchev–Trinajstić information content (AvgIpc) is 2.74. The number of hydrogen-bond donors (Lipinski definition) is 2. The standard InChI is InChI=1S/C16H15ClN2/c1-10-15(13-7-2-3-8-14(13)19-10)16(18)11-5-4-6-12(17)9-11/h2-9,16,19H,18H2,1H3. The minimum Gasteiger partial charge on any atom is -0.358 e. The highest BCUT2D eigenvalue weighted by Gasteiger charge is 2.16. The fraction of sp³-hybridized carbons (Fsp3) is 0.125. The lowest BCUT2D eigenvalue weighted by molar-refractivity contribution is 0.868. The molecule has 0 aliphatic rings. The second-order valence-electron chi connectivity index (χ2n) is 4.74. The Morgan fingerprint density at radius 3 is 2.68 bits per heavy atom. The topological polar surface area (TPSA) is 41.8 Å². The van der Waals surface area contributed by atoms with E-state index in [1.54, 1.807) is 0 Å². The van der Waals surface area contributed by atoms with Crippen molar-refractivity contribution in [2.24, 2.45) is 5.73 Å². The third-order valence-electron chi connectivity index (χ3n) is 3.46. The number of rotatable bonds is 2. The van der Waals surface area contributed by atoms with Crippen LogP contribution in [0.3, 0.4) is 0 Å². The number of aromatic nitrogens is 1. The molecule has 0 saturated carbocycles. The van der Waals surface area contributed by atoms with E-state index < -0.39 is 0 Å². The van der Waals surface area contributed by atoms with Crippen molar-refractivity contribution >= 4 is 22.5 Å². The van der Waals surface area contributed by atoms with Crippen LogP contribution in [0.2, 0.25) is 5.02 Å². The fourth-order valence-corrected chi connectivity index (χ4v) is 2.76. The molecule has 19 heavy (non-hydrogen) atoms. The Kier molecular flexibility index (Phi) is 3.05. The minimum atomic E-state index is -0.171. The van der Waals surface area contributed by atoms with Crippen LogP contribution in [0.4, 0.5) is 0 Å². The summed E-state index contributed by atoms with van der Waals surface area (Å²) in [6.07, 6.45) is 0. The highest BCUT2D eigenvalue weighted by atomic mass is 35.5. The summed E-state index contributed by atoms with van der Waals surface area (Å²) in [6.45, 7) is 2.06. The zero-order valence-corrected chi connectivity index (χ0v) is 11.4. The van der Waals surface area contributed by atoms with Crippen LogP contribution in [0.1, 0.15) is 22.9 Å². The first-order valence-corrected chi connectivity index (χ1v) is 6.63. The molecule has 0 bridgehead atoms. The first kappa shape index (κ1) is 12.3. The first-order valence-electron chi connectivity index (χ1n) is 6.25. The minimum absolute atomic E-state index is 0.171. The number of aryl methyl sites for hydroxylation is 1. The van der Waals surface area contributed by atoms with Crippen LogP contribution in [-0.4, -0.2) is 4.98 Å². The van der Waals surface area contributed by atoms with Crippen molar-refractivity contribution in [3.63, 3.8) is 0 Å². The summed E-state index contributed by atoms with van der Waals surface area (Å²) in [4.78, 5) is 3.38. The smallest absolute Gasteiger partial charge is 0.0576 e. The molecule has 0 aliphatic carbocycles. The monoisotopic (exact) mass is 270 g/mol. The van der Waals surface area contributed by atoms with Gasteiger partial charge in [0.15, 0.2) is 0 Å². The summed E-state index contributed by atoms with van der Waals surface area (Å²) in [7, 11) is 0. The van der Waals surface area contributed by atoms with Crippen LogP contribution in [0.25, 0.3) is 10.9 Å². The molecule has 0 saturated heterocycles. The molecule has 0 aliphatic heterocycles. The Bertz CT molecular complexity index is 730. The van der Waals surface area contributed by atoms with Gasteiger partial charge in [0.1, 0.15) is 0 Å². The SMILES string of the molecule is Cc1[nH]c2ccccc2c1C(N)c1cccc(Cl)c1. The predicted octanol–water partition coefficient (Wildman–Crippen LogP) is 4.18.